The lowest BCUT2D eigenvalue weighted by Crippen LogP contribution is -2.00. The average molecular weight is 740 g/mol. The van der Waals surface area contributed by atoms with Crippen LogP contribution in [0, 0.1) is 0 Å². The van der Waals surface area contributed by atoms with Gasteiger partial charge in [0.1, 0.15) is 0 Å². The van der Waals surface area contributed by atoms with E-state index in [-0.39, 0.29) is 0 Å². The van der Waals surface area contributed by atoms with Crippen molar-refractivity contribution in [2.45, 2.75) is 0 Å². The van der Waals surface area contributed by atoms with Gasteiger partial charge in [0.25, 0.3) is 0 Å². The Balaban J connectivity index is 1.05. The van der Waals surface area contributed by atoms with Crippen LogP contribution in [0.2, 0.25) is 0 Å². The van der Waals surface area contributed by atoms with E-state index in [2.05, 4.69) is 149 Å². The zero-order valence-corrected chi connectivity index (χ0v) is 31.3. The number of rotatable bonds is 5. The summed E-state index contributed by atoms with van der Waals surface area (Å²) in [5, 5.41) is 9.90. The zero-order chi connectivity index (χ0) is 38.2. The van der Waals surface area contributed by atoms with Gasteiger partial charge in [-0.15, -0.1) is 0 Å². The molecule has 9 aromatic carbocycles. The van der Waals surface area contributed by atoms with Crippen molar-refractivity contribution in [2.24, 2.45) is 0 Å². The summed E-state index contributed by atoms with van der Waals surface area (Å²) in [6, 6.07) is 71.1. The largest absolute Gasteiger partial charge is 0.309 e. The van der Waals surface area contributed by atoms with E-state index in [1.807, 2.05) is 60.7 Å². The Hall–Kier alpha value is -7.89. The molecule has 0 spiro atoms. The first-order valence-corrected chi connectivity index (χ1v) is 19.6. The van der Waals surface area contributed by atoms with Gasteiger partial charge >= 0.3 is 0 Å². The summed E-state index contributed by atoms with van der Waals surface area (Å²) in [6.07, 6.45) is 0. The molecule has 0 saturated carbocycles. The Morgan fingerprint density at radius 2 is 0.759 bits per heavy atom. The van der Waals surface area contributed by atoms with Crippen LogP contribution in [0.4, 0.5) is 0 Å². The van der Waals surface area contributed by atoms with Crippen molar-refractivity contribution in [3.8, 4) is 45.5 Å². The van der Waals surface area contributed by atoms with Crippen molar-refractivity contribution in [1.82, 2.24) is 24.1 Å². The minimum atomic E-state index is 0.635. The highest BCUT2D eigenvalue weighted by atomic mass is 15.0. The van der Waals surface area contributed by atoms with Gasteiger partial charge in [0.2, 0.25) is 0 Å². The van der Waals surface area contributed by atoms with Crippen molar-refractivity contribution in [3.05, 3.63) is 200 Å². The van der Waals surface area contributed by atoms with Crippen LogP contribution in [-0.2, 0) is 0 Å². The molecule has 12 aromatic rings. The first-order valence-electron chi connectivity index (χ1n) is 19.6. The summed E-state index contributed by atoms with van der Waals surface area (Å²) in [6.45, 7) is 0. The molecule has 0 unspecified atom stereocenters. The summed E-state index contributed by atoms with van der Waals surface area (Å²) >= 11 is 0. The SMILES string of the molecule is c1ccc(-c2nc(-c3ccccc3)nc(-c3ccc(-n4c5ccc(-n6c7ccccc7c7c8ccccc8ccc76)cc5c5cc6ccccc6cc54)cc3)n2)cc1. The topological polar surface area (TPSA) is 48.5 Å². The molecule has 58 heavy (non-hydrogen) atoms. The van der Waals surface area contributed by atoms with Crippen molar-refractivity contribution in [2.75, 3.05) is 0 Å². The predicted molar refractivity (Wildman–Crippen MR) is 240 cm³/mol. The van der Waals surface area contributed by atoms with Crippen LogP contribution in [0.5, 0.6) is 0 Å². The lowest BCUT2D eigenvalue weighted by atomic mass is 10.0. The number of benzene rings is 9. The normalized spacial score (nSPS) is 11.8. The average Bonchev–Trinajstić information content (AvgIpc) is 3.81. The van der Waals surface area contributed by atoms with E-state index in [0.717, 1.165) is 39.1 Å². The highest BCUT2D eigenvalue weighted by Crippen LogP contribution is 2.40. The fraction of sp³-hybridized carbons (Fsp3) is 0. The minimum Gasteiger partial charge on any atom is -0.309 e. The molecule has 3 aromatic heterocycles. The van der Waals surface area contributed by atoms with Crippen molar-refractivity contribution < 1.29 is 0 Å². The van der Waals surface area contributed by atoms with Gasteiger partial charge in [-0.25, -0.2) is 15.0 Å². The molecule has 0 N–H and O–H groups in total. The van der Waals surface area contributed by atoms with Crippen molar-refractivity contribution in [3.63, 3.8) is 0 Å². The molecule has 0 aliphatic heterocycles. The van der Waals surface area contributed by atoms with Gasteiger partial charge in [-0.1, -0.05) is 133 Å². The summed E-state index contributed by atoms with van der Waals surface area (Å²) in [5.41, 5.74) is 9.72. The second-order valence-electron chi connectivity index (χ2n) is 14.9. The van der Waals surface area contributed by atoms with E-state index >= 15 is 0 Å². The van der Waals surface area contributed by atoms with Crippen LogP contribution in [0.15, 0.2) is 200 Å². The Bertz CT molecular complexity index is 3490. The molecule has 0 atom stereocenters. The molecule has 0 bridgehead atoms. The van der Waals surface area contributed by atoms with E-state index in [1.54, 1.807) is 0 Å². The van der Waals surface area contributed by atoms with Crippen molar-refractivity contribution >= 4 is 65.2 Å². The lowest BCUT2D eigenvalue weighted by molar-refractivity contribution is 1.07. The molecule has 0 aliphatic rings. The van der Waals surface area contributed by atoms with Crippen molar-refractivity contribution in [1.29, 1.82) is 0 Å². The van der Waals surface area contributed by atoms with Crippen LogP contribution in [-0.4, -0.2) is 24.1 Å². The van der Waals surface area contributed by atoms with Crippen LogP contribution in [0.3, 0.4) is 0 Å². The molecule has 270 valence electrons. The fourth-order valence-electron chi connectivity index (χ4n) is 8.83. The van der Waals surface area contributed by atoms with Crippen LogP contribution in [0.25, 0.3) is 111 Å². The van der Waals surface area contributed by atoms with Gasteiger partial charge < -0.3 is 9.13 Å². The second kappa shape index (κ2) is 12.8. The molecular formula is C53H33N5. The number of aromatic nitrogens is 5. The monoisotopic (exact) mass is 739 g/mol. The van der Waals surface area contributed by atoms with Crippen LogP contribution in [0.1, 0.15) is 0 Å². The van der Waals surface area contributed by atoms with Gasteiger partial charge in [0.05, 0.1) is 22.1 Å². The smallest absolute Gasteiger partial charge is 0.164 e. The molecule has 0 aliphatic carbocycles. The molecule has 3 heterocycles. The maximum Gasteiger partial charge on any atom is 0.164 e. The highest BCUT2D eigenvalue weighted by molar-refractivity contribution is 6.21. The maximum absolute atomic E-state index is 4.99. The number of nitrogens with zero attached hydrogens (tertiary/aromatic N) is 5. The van der Waals surface area contributed by atoms with Crippen LogP contribution < -0.4 is 0 Å². The van der Waals surface area contributed by atoms with E-state index in [4.69, 9.17) is 15.0 Å². The summed E-state index contributed by atoms with van der Waals surface area (Å²) in [5.74, 6) is 1.93. The summed E-state index contributed by atoms with van der Waals surface area (Å²) < 4.78 is 4.82. The quantitative estimate of drug-likeness (QED) is 0.177. The minimum absolute atomic E-state index is 0.635. The molecule has 0 saturated heterocycles. The van der Waals surface area contributed by atoms with Gasteiger partial charge in [-0.05, 0) is 88.3 Å². The fourth-order valence-corrected chi connectivity index (χ4v) is 8.83. The van der Waals surface area contributed by atoms with Gasteiger partial charge in [0, 0.05) is 49.6 Å². The van der Waals surface area contributed by atoms with E-state index in [1.165, 1.54) is 54.1 Å². The standard InChI is InChI=1S/C53H33N5/c1-3-14-35(15-4-1)51-54-52(36-16-5-2-6-17-36)56-53(55-51)37-23-26-40(27-24-37)57-47-30-28-41(33-45(47)44-31-38-18-7-8-19-39(38)32-49(44)57)58-46-22-12-11-21-43(46)50-42-20-10-9-13-34(42)25-29-48(50)58/h1-33H. The Kier molecular flexibility index (Phi) is 7.16. The second-order valence-corrected chi connectivity index (χ2v) is 14.9. The van der Waals surface area contributed by atoms with Crippen LogP contribution >= 0.6 is 0 Å². The zero-order valence-electron chi connectivity index (χ0n) is 31.3. The van der Waals surface area contributed by atoms with E-state index in [0.29, 0.717) is 17.5 Å². The number of para-hydroxylation sites is 1. The molecular weight excluding hydrogens is 707 g/mol. The third-order valence-electron chi connectivity index (χ3n) is 11.5. The predicted octanol–water partition coefficient (Wildman–Crippen LogP) is 13.4. The molecule has 0 amide bonds. The third-order valence-corrected chi connectivity index (χ3v) is 11.5. The molecule has 5 nitrogen and oxygen atoms in total. The maximum atomic E-state index is 4.99. The Morgan fingerprint density at radius 1 is 0.276 bits per heavy atom. The number of hydrogen-bond donors (Lipinski definition) is 0. The molecule has 0 fully saturated rings. The van der Waals surface area contributed by atoms with Gasteiger partial charge in [-0.2, -0.15) is 0 Å². The summed E-state index contributed by atoms with van der Waals surface area (Å²) in [4.78, 5) is 14.9. The van der Waals surface area contributed by atoms with Gasteiger partial charge in [0.15, 0.2) is 17.5 Å². The first kappa shape index (κ1) is 32.4. The van der Waals surface area contributed by atoms with E-state index < -0.39 is 0 Å². The third kappa shape index (κ3) is 5.07. The Morgan fingerprint density at radius 3 is 1.45 bits per heavy atom. The Labute approximate surface area is 333 Å². The molecule has 12 rings (SSSR count). The summed E-state index contributed by atoms with van der Waals surface area (Å²) in [7, 11) is 0. The van der Waals surface area contributed by atoms with Gasteiger partial charge in [-0.3, -0.25) is 0 Å². The number of hydrogen-bond acceptors (Lipinski definition) is 3. The lowest BCUT2D eigenvalue weighted by Gasteiger charge is -2.12. The van der Waals surface area contributed by atoms with E-state index in [9.17, 15) is 0 Å². The highest BCUT2D eigenvalue weighted by Gasteiger charge is 2.19. The molecule has 0 radical (unpaired) electrons. The number of fused-ring (bicyclic) bond motifs is 9. The molecule has 5 heteroatoms. The first-order chi connectivity index (χ1) is 28.7.